The number of esters is 1. The summed E-state index contributed by atoms with van der Waals surface area (Å²) in [6.45, 7) is 4.81. The number of para-hydroxylation sites is 1. The number of carbonyl (C=O) groups is 2. The smallest absolute Gasteiger partial charge is 0.302 e. The fourth-order valence-electron chi connectivity index (χ4n) is 1.84. The monoisotopic (exact) mass is 286 g/mol. The molecule has 5 heteroatoms. The highest BCUT2D eigenvalue weighted by Gasteiger charge is 2.29. The SMILES string of the molecule is CC(=O)OCC(C)(C)C(=O)Nc1cccc2cccnc12. The van der Waals surface area contributed by atoms with Gasteiger partial charge >= 0.3 is 5.97 Å². The van der Waals surface area contributed by atoms with Crippen molar-refractivity contribution in [3.05, 3.63) is 36.5 Å². The van der Waals surface area contributed by atoms with Crippen molar-refractivity contribution in [1.29, 1.82) is 0 Å². The lowest BCUT2D eigenvalue weighted by atomic mass is 9.93. The third-order valence-electron chi connectivity index (χ3n) is 3.13. The van der Waals surface area contributed by atoms with Crippen molar-refractivity contribution in [2.75, 3.05) is 11.9 Å². The lowest BCUT2D eigenvalue weighted by molar-refractivity contribution is -0.146. The highest BCUT2D eigenvalue weighted by atomic mass is 16.5. The molecule has 2 rings (SSSR count). The van der Waals surface area contributed by atoms with Crippen LogP contribution in [0.2, 0.25) is 0 Å². The summed E-state index contributed by atoms with van der Waals surface area (Å²) in [5, 5.41) is 3.81. The Balaban J connectivity index is 2.19. The predicted molar refractivity (Wildman–Crippen MR) is 80.8 cm³/mol. The molecule has 0 aliphatic carbocycles. The topological polar surface area (TPSA) is 68.3 Å². The van der Waals surface area contributed by atoms with Gasteiger partial charge in [-0.05, 0) is 26.0 Å². The number of amides is 1. The van der Waals surface area contributed by atoms with Gasteiger partial charge in [0.15, 0.2) is 0 Å². The van der Waals surface area contributed by atoms with Gasteiger partial charge in [0.25, 0.3) is 0 Å². The van der Waals surface area contributed by atoms with Crippen LogP contribution in [-0.2, 0) is 14.3 Å². The summed E-state index contributed by atoms with van der Waals surface area (Å²) in [5.41, 5.74) is 0.563. The van der Waals surface area contributed by atoms with Crippen LogP contribution in [0.25, 0.3) is 10.9 Å². The molecule has 0 aliphatic heterocycles. The molecule has 0 bridgehead atoms. The van der Waals surface area contributed by atoms with E-state index in [2.05, 4.69) is 10.3 Å². The molecule has 0 saturated heterocycles. The fourth-order valence-corrected chi connectivity index (χ4v) is 1.84. The van der Waals surface area contributed by atoms with Crippen LogP contribution in [0.5, 0.6) is 0 Å². The maximum atomic E-state index is 12.4. The lowest BCUT2D eigenvalue weighted by Gasteiger charge is -2.23. The van der Waals surface area contributed by atoms with E-state index in [9.17, 15) is 9.59 Å². The minimum absolute atomic E-state index is 0.0341. The number of pyridine rings is 1. The van der Waals surface area contributed by atoms with Crippen LogP contribution in [0, 0.1) is 5.41 Å². The van der Waals surface area contributed by atoms with Gasteiger partial charge in [-0.1, -0.05) is 18.2 Å². The summed E-state index contributed by atoms with van der Waals surface area (Å²) in [6, 6.07) is 9.37. The van der Waals surface area contributed by atoms with Gasteiger partial charge in [0.2, 0.25) is 5.91 Å². The number of hydrogen-bond acceptors (Lipinski definition) is 4. The molecule has 0 spiro atoms. The lowest BCUT2D eigenvalue weighted by Crippen LogP contribution is -2.35. The number of aromatic nitrogens is 1. The normalized spacial score (nSPS) is 11.2. The van der Waals surface area contributed by atoms with Crippen LogP contribution >= 0.6 is 0 Å². The van der Waals surface area contributed by atoms with Gasteiger partial charge in [0.05, 0.1) is 16.6 Å². The van der Waals surface area contributed by atoms with Crippen molar-refractivity contribution >= 4 is 28.5 Å². The van der Waals surface area contributed by atoms with Crippen molar-refractivity contribution < 1.29 is 14.3 Å². The van der Waals surface area contributed by atoms with Gasteiger partial charge in [-0.25, -0.2) is 0 Å². The average molecular weight is 286 g/mol. The first-order valence-electron chi connectivity index (χ1n) is 6.69. The Bertz CT molecular complexity index is 675. The largest absolute Gasteiger partial charge is 0.465 e. The summed E-state index contributed by atoms with van der Waals surface area (Å²) in [4.78, 5) is 27.5. The first-order valence-corrected chi connectivity index (χ1v) is 6.69. The number of hydrogen-bond donors (Lipinski definition) is 1. The molecule has 2 aromatic rings. The van der Waals surface area contributed by atoms with Gasteiger partial charge in [-0.3, -0.25) is 14.6 Å². The molecular formula is C16H18N2O3. The quantitative estimate of drug-likeness (QED) is 0.877. The van der Waals surface area contributed by atoms with E-state index >= 15 is 0 Å². The molecule has 0 saturated carbocycles. The highest BCUT2D eigenvalue weighted by molar-refractivity contribution is 6.02. The number of nitrogens with zero attached hydrogens (tertiary/aromatic N) is 1. The molecule has 1 N–H and O–H groups in total. The van der Waals surface area contributed by atoms with Gasteiger partial charge in [-0.2, -0.15) is 0 Å². The molecular weight excluding hydrogens is 268 g/mol. The molecule has 110 valence electrons. The zero-order valence-corrected chi connectivity index (χ0v) is 12.3. The first kappa shape index (κ1) is 15.0. The molecule has 1 aromatic carbocycles. The first-order chi connectivity index (χ1) is 9.90. The zero-order valence-electron chi connectivity index (χ0n) is 12.3. The molecule has 1 amide bonds. The Kier molecular flexibility index (Phi) is 4.21. The number of fused-ring (bicyclic) bond motifs is 1. The van der Waals surface area contributed by atoms with Crippen LogP contribution in [0.15, 0.2) is 36.5 Å². The molecule has 0 fully saturated rings. The van der Waals surface area contributed by atoms with E-state index < -0.39 is 11.4 Å². The van der Waals surface area contributed by atoms with E-state index in [1.807, 2.05) is 24.3 Å². The van der Waals surface area contributed by atoms with Crippen molar-refractivity contribution in [2.45, 2.75) is 20.8 Å². The zero-order chi connectivity index (χ0) is 15.5. The van der Waals surface area contributed by atoms with Gasteiger partial charge in [-0.15, -0.1) is 0 Å². The number of anilines is 1. The molecule has 0 atom stereocenters. The van der Waals surface area contributed by atoms with Crippen LogP contribution in [0.4, 0.5) is 5.69 Å². The Morgan fingerprint density at radius 1 is 1.24 bits per heavy atom. The number of carbonyl (C=O) groups excluding carboxylic acids is 2. The van der Waals surface area contributed by atoms with Crippen LogP contribution < -0.4 is 5.32 Å². The van der Waals surface area contributed by atoms with Crippen LogP contribution in [-0.4, -0.2) is 23.5 Å². The third-order valence-corrected chi connectivity index (χ3v) is 3.13. The number of nitrogens with one attached hydrogen (secondary N) is 1. The summed E-state index contributed by atoms with van der Waals surface area (Å²) in [7, 11) is 0. The Labute approximate surface area is 123 Å². The van der Waals surface area contributed by atoms with E-state index in [0.717, 1.165) is 10.9 Å². The summed E-state index contributed by atoms with van der Waals surface area (Å²) in [5.74, 6) is -0.621. The average Bonchev–Trinajstić information content (AvgIpc) is 2.45. The van der Waals surface area contributed by atoms with E-state index in [1.54, 1.807) is 26.1 Å². The standard InChI is InChI=1S/C16H18N2O3/c1-11(19)21-10-16(2,3)15(20)18-13-8-4-6-12-7-5-9-17-14(12)13/h4-9H,10H2,1-3H3,(H,18,20). The molecule has 5 nitrogen and oxygen atoms in total. The summed E-state index contributed by atoms with van der Waals surface area (Å²) < 4.78 is 4.94. The Hall–Kier alpha value is -2.43. The molecule has 1 aromatic heterocycles. The highest BCUT2D eigenvalue weighted by Crippen LogP contribution is 2.24. The summed E-state index contributed by atoms with van der Waals surface area (Å²) in [6.07, 6.45) is 1.68. The molecule has 21 heavy (non-hydrogen) atoms. The second-order valence-electron chi connectivity index (χ2n) is 5.50. The molecule has 0 aliphatic rings. The minimum Gasteiger partial charge on any atom is -0.465 e. The van der Waals surface area contributed by atoms with E-state index in [0.29, 0.717) is 5.69 Å². The third kappa shape index (κ3) is 3.56. The van der Waals surface area contributed by atoms with E-state index in [1.165, 1.54) is 6.92 Å². The maximum Gasteiger partial charge on any atom is 0.302 e. The minimum atomic E-state index is -0.817. The van der Waals surface area contributed by atoms with E-state index in [-0.39, 0.29) is 12.5 Å². The van der Waals surface area contributed by atoms with Gasteiger partial charge in [0.1, 0.15) is 6.61 Å². The number of rotatable bonds is 4. The second-order valence-corrected chi connectivity index (χ2v) is 5.50. The molecule has 0 unspecified atom stereocenters. The maximum absolute atomic E-state index is 12.4. The van der Waals surface area contributed by atoms with Gasteiger partial charge in [0, 0.05) is 18.5 Å². The van der Waals surface area contributed by atoms with Crippen molar-refractivity contribution in [3.8, 4) is 0 Å². The van der Waals surface area contributed by atoms with Crippen LogP contribution in [0.3, 0.4) is 0 Å². The Morgan fingerprint density at radius 3 is 2.67 bits per heavy atom. The van der Waals surface area contributed by atoms with Crippen molar-refractivity contribution in [1.82, 2.24) is 4.98 Å². The van der Waals surface area contributed by atoms with Crippen LogP contribution in [0.1, 0.15) is 20.8 Å². The second kappa shape index (κ2) is 5.91. The van der Waals surface area contributed by atoms with E-state index in [4.69, 9.17) is 4.74 Å². The predicted octanol–water partition coefficient (Wildman–Crippen LogP) is 2.76. The van der Waals surface area contributed by atoms with Crippen molar-refractivity contribution in [2.24, 2.45) is 5.41 Å². The Morgan fingerprint density at radius 2 is 1.95 bits per heavy atom. The molecule has 0 radical (unpaired) electrons. The molecule has 1 heterocycles. The number of ether oxygens (including phenoxy) is 1. The number of benzene rings is 1. The van der Waals surface area contributed by atoms with Crippen molar-refractivity contribution in [3.63, 3.8) is 0 Å². The summed E-state index contributed by atoms with van der Waals surface area (Å²) >= 11 is 0. The fraction of sp³-hybridized carbons (Fsp3) is 0.312. The van der Waals surface area contributed by atoms with Gasteiger partial charge < -0.3 is 10.1 Å².